The largest absolute Gasteiger partial charge is 0.494 e. The molecule has 1 aromatic rings. The van der Waals surface area contributed by atoms with Crippen LogP contribution in [-0.4, -0.2) is 41.3 Å². The van der Waals surface area contributed by atoms with E-state index >= 15 is 0 Å². The summed E-state index contributed by atoms with van der Waals surface area (Å²) in [5, 5.41) is 2.73. The van der Waals surface area contributed by atoms with Crippen molar-refractivity contribution in [3.63, 3.8) is 0 Å². The minimum atomic E-state index is -0.930. The van der Waals surface area contributed by atoms with E-state index < -0.39 is 11.6 Å². The van der Waals surface area contributed by atoms with Crippen LogP contribution in [0.3, 0.4) is 0 Å². The highest BCUT2D eigenvalue weighted by Gasteiger charge is 2.47. The van der Waals surface area contributed by atoms with Gasteiger partial charge in [0.15, 0.2) is 5.78 Å². The number of ketones is 1. The number of ether oxygens (including phenoxy) is 1. The summed E-state index contributed by atoms with van der Waals surface area (Å²) in [7, 11) is 0. The van der Waals surface area contributed by atoms with Crippen LogP contribution in [0.5, 0.6) is 5.75 Å². The lowest BCUT2D eigenvalue weighted by Crippen LogP contribution is -2.44. The van der Waals surface area contributed by atoms with Crippen molar-refractivity contribution in [2.45, 2.75) is 46.1 Å². The molecule has 1 fully saturated rings. The Morgan fingerprint density at radius 2 is 1.88 bits per heavy atom. The van der Waals surface area contributed by atoms with Gasteiger partial charge in [0.1, 0.15) is 11.3 Å². The van der Waals surface area contributed by atoms with Crippen LogP contribution in [0.25, 0.3) is 0 Å². The molecule has 0 aromatic heterocycles. The van der Waals surface area contributed by atoms with E-state index in [1.54, 1.807) is 31.2 Å². The van der Waals surface area contributed by atoms with Crippen molar-refractivity contribution in [2.24, 2.45) is 5.92 Å². The molecule has 136 valence electrons. The van der Waals surface area contributed by atoms with Gasteiger partial charge in [-0.15, -0.1) is 0 Å². The molecule has 0 unspecified atom stereocenters. The van der Waals surface area contributed by atoms with Crippen molar-refractivity contribution >= 4 is 17.7 Å². The van der Waals surface area contributed by atoms with E-state index in [-0.39, 0.29) is 18.2 Å². The van der Waals surface area contributed by atoms with Crippen LogP contribution in [0.4, 0.5) is 4.79 Å². The Morgan fingerprint density at radius 3 is 2.44 bits per heavy atom. The maximum atomic E-state index is 12.6. The normalized spacial score (nSPS) is 20.1. The number of Topliss-reactive ketones (excluding diaryl/α,β-unsaturated/α-hetero) is 1. The Labute approximate surface area is 148 Å². The number of imide groups is 1. The Kier molecular flexibility index (Phi) is 5.82. The van der Waals surface area contributed by atoms with Gasteiger partial charge in [-0.25, -0.2) is 4.79 Å². The van der Waals surface area contributed by atoms with E-state index in [0.717, 1.165) is 11.3 Å². The first-order valence-corrected chi connectivity index (χ1v) is 8.67. The minimum absolute atomic E-state index is 0.254. The molecular weight excluding hydrogens is 320 g/mol. The molecule has 1 atom stereocenters. The molecule has 0 aliphatic carbocycles. The second-order valence-corrected chi connectivity index (χ2v) is 6.97. The molecule has 0 radical (unpaired) electrons. The Bertz CT molecular complexity index is 654. The fourth-order valence-electron chi connectivity index (χ4n) is 2.78. The third-order valence-electron chi connectivity index (χ3n) is 4.36. The van der Waals surface area contributed by atoms with Crippen LogP contribution >= 0.6 is 0 Å². The summed E-state index contributed by atoms with van der Waals surface area (Å²) in [6.07, 6.45) is 1.38. The SMILES string of the molecule is CCOc1ccc(C(=O)CN2C(=O)N[C@](C)(CCC(C)C)C2=O)cc1. The predicted octanol–water partition coefficient (Wildman–Crippen LogP) is 3.01. The molecule has 0 bridgehead atoms. The van der Waals surface area contributed by atoms with E-state index in [1.807, 2.05) is 6.92 Å². The lowest BCUT2D eigenvalue weighted by Gasteiger charge is -2.22. The summed E-state index contributed by atoms with van der Waals surface area (Å²) in [5.41, 5.74) is -0.486. The number of nitrogens with one attached hydrogen (secondary N) is 1. The van der Waals surface area contributed by atoms with Crippen molar-refractivity contribution in [1.82, 2.24) is 10.2 Å². The molecule has 0 saturated carbocycles. The average molecular weight is 346 g/mol. The quantitative estimate of drug-likeness (QED) is 0.580. The zero-order valence-corrected chi connectivity index (χ0v) is 15.3. The third-order valence-corrected chi connectivity index (χ3v) is 4.36. The number of hydrogen-bond acceptors (Lipinski definition) is 4. The summed E-state index contributed by atoms with van der Waals surface area (Å²) in [6.45, 7) is 8.03. The highest BCUT2D eigenvalue weighted by Crippen LogP contribution is 2.25. The first-order chi connectivity index (χ1) is 11.8. The van der Waals surface area contributed by atoms with E-state index in [0.29, 0.717) is 30.3 Å². The number of benzene rings is 1. The first kappa shape index (κ1) is 19.0. The standard InChI is InChI=1S/C19H26N2O4/c1-5-25-15-8-6-14(7-9-15)16(22)12-21-17(23)19(4,20-18(21)24)11-10-13(2)3/h6-9,13H,5,10-12H2,1-4H3,(H,20,24)/t19-/m1/s1. The fourth-order valence-corrected chi connectivity index (χ4v) is 2.78. The van der Waals surface area contributed by atoms with Crippen LogP contribution in [0.2, 0.25) is 0 Å². The predicted molar refractivity (Wildman–Crippen MR) is 94.7 cm³/mol. The molecule has 1 aliphatic rings. The summed E-state index contributed by atoms with van der Waals surface area (Å²) in [6, 6.07) is 6.19. The molecule has 1 N–H and O–H groups in total. The van der Waals surface area contributed by atoms with Gasteiger partial charge in [-0.3, -0.25) is 14.5 Å². The number of carbonyl (C=O) groups is 3. The maximum Gasteiger partial charge on any atom is 0.325 e. The van der Waals surface area contributed by atoms with Crippen molar-refractivity contribution in [2.75, 3.05) is 13.2 Å². The zero-order valence-electron chi connectivity index (χ0n) is 15.3. The van der Waals surface area contributed by atoms with Gasteiger partial charge in [-0.2, -0.15) is 0 Å². The van der Waals surface area contributed by atoms with Gasteiger partial charge in [-0.1, -0.05) is 13.8 Å². The highest BCUT2D eigenvalue weighted by molar-refractivity contribution is 6.11. The van der Waals surface area contributed by atoms with E-state index in [4.69, 9.17) is 4.74 Å². The van der Waals surface area contributed by atoms with Gasteiger partial charge >= 0.3 is 6.03 Å². The molecule has 3 amide bonds. The minimum Gasteiger partial charge on any atom is -0.494 e. The number of hydrogen-bond donors (Lipinski definition) is 1. The zero-order chi connectivity index (χ0) is 18.6. The van der Waals surface area contributed by atoms with Gasteiger partial charge in [-0.05, 0) is 56.9 Å². The number of nitrogens with zero attached hydrogens (tertiary/aromatic N) is 1. The highest BCUT2D eigenvalue weighted by atomic mass is 16.5. The maximum absolute atomic E-state index is 12.6. The Hall–Kier alpha value is -2.37. The van der Waals surface area contributed by atoms with Crippen LogP contribution < -0.4 is 10.1 Å². The molecule has 1 saturated heterocycles. The van der Waals surface area contributed by atoms with Gasteiger partial charge in [0.05, 0.1) is 13.2 Å². The molecule has 0 spiro atoms. The molecular formula is C19H26N2O4. The molecule has 6 nitrogen and oxygen atoms in total. The molecule has 1 heterocycles. The monoisotopic (exact) mass is 346 g/mol. The molecule has 1 aliphatic heterocycles. The topological polar surface area (TPSA) is 75.7 Å². The third kappa shape index (κ3) is 4.38. The Balaban J connectivity index is 2.05. The van der Waals surface area contributed by atoms with Crippen molar-refractivity contribution in [3.8, 4) is 5.75 Å². The lowest BCUT2D eigenvalue weighted by atomic mass is 9.92. The van der Waals surface area contributed by atoms with Gasteiger partial charge in [0.2, 0.25) is 0 Å². The average Bonchev–Trinajstić information content (AvgIpc) is 2.78. The number of carbonyl (C=O) groups excluding carboxylic acids is 3. The van der Waals surface area contributed by atoms with Crippen LogP contribution in [0.1, 0.15) is 50.9 Å². The molecule has 2 rings (SSSR count). The van der Waals surface area contributed by atoms with Crippen molar-refractivity contribution in [3.05, 3.63) is 29.8 Å². The summed E-state index contributed by atoms with van der Waals surface area (Å²) >= 11 is 0. The number of rotatable bonds is 8. The number of amides is 3. The van der Waals surface area contributed by atoms with E-state index in [2.05, 4.69) is 19.2 Å². The number of urea groups is 1. The first-order valence-electron chi connectivity index (χ1n) is 8.67. The summed E-state index contributed by atoms with van der Waals surface area (Å²) in [4.78, 5) is 38.2. The van der Waals surface area contributed by atoms with E-state index in [1.165, 1.54) is 0 Å². The second kappa shape index (κ2) is 7.68. The van der Waals surface area contributed by atoms with Crippen LogP contribution in [0.15, 0.2) is 24.3 Å². The lowest BCUT2D eigenvalue weighted by molar-refractivity contribution is -0.130. The molecule has 6 heteroatoms. The summed E-state index contributed by atoms with van der Waals surface area (Å²) in [5.74, 6) is 0.494. The van der Waals surface area contributed by atoms with E-state index in [9.17, 15) is 14.4 Å². The second-order valence-electron chi connectivity index (χ2n) is 6.97. The van der Waals surface area contributed by atoms with Gasteiger partial charge < -0.3 is 10.1 Å². The van der Waals surface area contributed by atoms with Gasteiger partial charge in [0, 0.05) is 5.56 Å². The van der Waals surface area contributed by atoms with Gasteiger partial charge in [0.25, 0.3) is 5.91 Å². The van der Waals surface area contributed by atoms with Crippen molar-refractivity contribution < 1.29 is 19.1 Å². The fraction of sp³-hybridized carbons (Fsp3) is 0.526. The van der Waals surface area contributed by atoms with Crippen LogP contribution in [0, 0.1) is 5.92 Å². The molecule has 1 aromatic carbocycles. The summed E-state index contributed by atoms with van der Waals surface area (Å²) < 4.78 is 5.34. The Morgan fingerprint density at radius 1 is 1.24 bits per heavy atom. The molecule has 25 heavy (non-hydrogen) atoms. The van der Waals surface area contributed by atoms with Crippen molar-refractivity contribution in [1.29, 1.82) is 0 Å². The van der Waals surface area contributed by atoms with Crippen LogP contribution in [-0.2, 0) is 4.79 Å². The smallest absolute Gasteiger partial charge is 0.325 e.